The number of benzene rings is 1. The summed E-state index contributed by atoms with van der Waals surface area (Å²) in [5.74, 6) is 0.415. The van der Waals surface area contributed by atoms with Crippen molar-refractivity contribution >= 4 is 23.0 Å². The number of fused-ring (bicyclic) bond motifs is 1. The van der Waals surface area contributed by atoms with Crippen LogP contribution in [0.25, 0.3) is 0 Å². The molecule has 1 aromatic carbocycles. The van der Waals surface area contributed by atoms with Gasteiger partial charge in [0.25, 0.3) is 0 Å². The van der Waals surface area contributed by atoms with Crippen molar-refractivity contribution in [3.63, 3.8) is 0 Å². The Balaban J connectivity index is 2.17. The predicted molar refractivity (Wildman–Crippen MR) is 75.0 cm³/mol. The summed E-state index contributed by atoms with van der Waals surface area (Å²) in [5, 5.41) is 11.2. The number of aromatic nitrogens is 2. The molecule has 102 valence electrons. The molecule has 7 heteroatoms. The molecular formula is C13H13N5O2. The van der Waals surface area contributed by atoms with Crippen LogP contribution >= 0.6 is 0 Å². The lowest BCUT2D eigenvalue weighted by Gasteiger charge is -2.18. The normalized spacial score (nSPS) is 17.1. The number of rotatable bonds is 2. The van der Waals surface area contributed by atoms with Crippen molar-refractivity contribution in [2.24, 2.45) is 0 Å². The van der Waals surface area contributed by atoms with E-state index in [0.29, 0.717) is 6.54 Å². The van der Waals surface area contributed by atoms with Crippen LogP contribution < -0.4 is 10.6 Å². The van der Waals surface area contributed by atoms with Crippen LogP contribution in [-0.4, -0.2) is 21.4 Å². The molecule has 1 atom stereocenters. The molecule has 20 heavy (non-hydrogen) atoms. The van der Waals surface area contributed by atoms with Gasteiger partial charge in [0, 0.05) is 18.2 Å². The van der Waals surface area contributed by atoms with Crippen LogP contribution in [-0.2, 0) is 0 Å². The Morgan fingerprint density at radius 3 is 2.90 bits per heavy atom. The maximum atomic E-state index is 11.2. The van der Waals surface area contributed by atoms with Crippen LogP contribution in [0.1, 0.15) is 18.4 Å². The zero-order chi connectivity index (χ0) is 14.3. The lowest BCUT2D eigenvalue weighted by molar-refractivity contribution is -0.383. The van der Waals surface area contributed by atoms with E-state index in [1.165, 1.54) is 6.33 Å². The van der Waals surface area contributed by atoms with Gasteiger partial charge in [0.05, 0.1) is 4.92 Å². The number of hydrogen-bond acceptors (Lipinski definition) is 6. The van der Waals surface area contributed by atoms with Crippen molar-refractivity contribution in [1.82, 2.24) is 9.97 Å². The van der Waals surface area contributed by atoms with E-state index in [9.17, 15) is 10.1 Å². The number of anilines is 3. The van der Waals surface area contributed by atoms with Crippen molar-refractivity contribution < 1.29 is 4.92 Å². The molecule has 0 bridgehead atoms. The number of nitro groups is 1. The van der Waals surface area contributed by atoms with Crippen molar-refractivity contribution in [2.45, 2.75) is 12.8 Å². The van der Waals surface area contributed by atoms with Gasteiger partial charge in [-0.15, -0.1) is 0 Å². The summed E-state index contributed by atoms with van der Waals surface area (Å²) in [6.45, 7) is 2.71. The Hall–Kier alpha value is -2.70. The third-order valence-corrected chi connectivity index (χ3v) is 3.48. The SMILES string of the molecule is C[C@H]1CN(c2ncnc(N)c2[N+](=O)[O-])c2ccccc21. The van der Waals surface area contributed by atoms with Crippen molar-refractivity contribution in [1.29, 1.82) is 0 Å². The first-order valence-corrected chi connectivity index (χ1v) is 6.21. The minimum absolute atomic E-state index is 0.114. The van der Waals surface area contributed by atoms with Crippen LogP contribution in [0.15, 0.2) is 30.6 Å². The average molecular weight is 271 g/mol. The standard InChI is InChI=1S/C13H13N5O2/c1-8-6-17(10-5-3-2-4-9(8)10)13-11(18(19)20)12(14)15-7-16-13/h2-5,7-8H,6H2,1H3,(H2,14,15,16)/t8-/m0/s1. The van der Waals surface area contributed by atoms with E-state index in [1.54, 1.807) is 0 Å². The second-order valence-electron chi connectivity index (χ2n) is 4.76. The van der Waals surface area contributed by atoms with Crippen molar-refractivity contribution in [2.75, 3.05) is 17.2 Å². The van der Waals surface area contributed by atoms with Crippen molar-refractivity contribution in [3.8, 4) is 0 Å². The third kappa shape index (κ3) is 1.75. The average Bonchev–Trinajstić information content (AvgIpc) is 2.76. The van der Waals surface area contributed by atoms with Crippen LogP contribution in [0, 0.1) is 10.1 Å². The summed E-state index contributed by atoms with van der Waals surface area (Å²) in [6.07, 6.45) is 1.25. The molecule has 1 aromatic heterocycles. The molecule has 2 N–H and O–H groups in total. The fourth-order valence-corrected chi connectivity index (χ4v) is 2.58. The maximum absolute atomic E-state index is 11.2. The van der Waals surface area contributed by atoms with E-state index in [0.717, 1.165) is 11.3 Å². The second-order valence-corrected chi connectivity index (χ2v) is 4.76. The molecule has 0 fully saturated rings. The Labute approximate surface area is 115 Å². The van der Waals surface area contributed by atoms with Crippen LogP contribution in [0.2, 0.25) is 0 Å². The van der Waals surface area contributed by atoms with Gasteiger partial charge in [-0.05, 0) is 11.6 Å². The first-order valence-electron chi connectivity index (χ1n) is 6.21. The van der Waals surface area contributed by atoms with Gasteiger partial charge in [-0.25, -0.2) is 9.97 Å². The zero-order valence-corrected chi connectivity index (χ0v) is 10.9. The van der Waals surface area contributed by atoms with Gasteiger partial charge in [-0.3, -0.25) is 10.1 Å². The van der Waals surface area contributed by atoms with Crippen LogP contribution in [0.4, 0.5) is 23.0 Å². The predicted octanol–water partition coefficient (Wildman–Crippen LogP) is 2.22. The fraction of sp³-hybridized carbons (Fsp3) is 0.231. The van der Waals surface area contributed by atoms with Gasteiger partial charge in [-0.2, -0.15) is 0 Å². The summed E-state index contributed by atoms with van der Waals surface area (Å²) < 4.78 is 0. The minimum atomic E-state index is -0.531. The van der Waals surface area contributed by atoms with Crippen molar-refractivity contribution in [3.05, 3.63) is 46.3 Å². The first kappa shape index (κ1) is 12.3. The van der Waals surface area contributed by atoms with Gasteiger partial charge >= 0.3 is 5.69 Å². The first-order chi connectivity index (χ1) is 9.59. The number of para-hydroxylation sites is 1. The summed E-state index contributed by atoms with van der Waals surface area (Å²) in [5.41, 5.74) is 7.47. The summed E-state index contributed by atoms with van der Waals surface area (Å²) in [6, 6.07) is 7.82. The molecule has 3 rings (SSSR count). The molecule has 0 aliphatic carbocycles. The van der Waals surface area contributed by atoms with Gasteiger partial charge in [-0.1, -0.05) is 25.1 Å². The van der Waals surface area contributed by atoms with Gasteiger partial charge in [0.1, 0.15) is 6.33 Å². The third-order valence-electron chi connectivity index (χ3n) is 3.48. The molecule has 1 aliphatic heterocycles. The summed E-state index contributed by atoms with van der Waals surface area (Å²) in [4.78, 5) is 20.3. The molecule has 0 saturated heterocycles. The maximum Gasteiger partial charge on any atom is 0.353 e. The number of nitrogens with zero attached hydrogens (tertiary/aromatic N) is 4. The Morgan fingerprint density at radius 1 is 1.40 bits per heavy atom. The molecular weight excluding hydrogens is 258 g/mol. The van der Waals surface area contributed by atoms with E-state index >= 15 is 0 Å². The minimum Gasteiger partial charge on any atom is -0.378 e. The Bertz CT molecular complexity index is 688. The smallest absolute Gasteiger partial charge is 0.353 e. The lowest BCUT2D eigenvalue weighted by atomic mass is 10.0. The largest absolute Gasteiger partial charge is 0.378 e. The molecule has 0 spiro atoms. The Kier molecular flexibility index (Phi) is 2.74. The molecule has 1 aliphatic rings. The van der Waals surface area contributed by atoms with Crippen LogP contribution in [0.3, 0.4) is 0 Å². The topological polar surface area (TPSA) is 98.2 Å². The van der Waals surface area contributed by atoms with E-state index in [1.807, 2.05) is 29.2 Å². The van der Waals surface area contributed by atoms with Gasteiger partial charge < -0.3 is 10.6 Å². The molecule has 0 amide bonds. The molecule has 0 unspecified atom stereocenters. The van der Waals surface area contributed by atoms with E-state index in [4.69, 9.17) is 5.73 Å². The molecule has 0 saturated carbocycles. The van der Waals surface area contributed by atoms with E-state index in [-0.39, 0.29) is 23.2 Å². The van der Waals surface area contributed by atoms with E-state index < -0.39 is 4.92 Å². The van der Waals surface area contributed by atoms with Crippen LogP contribution in [0.5, 0.6) is 0 Å². The van der Waals surface area contributed by atoms with Gasteiger partial charge in [0.2, 0.25) is 11.6 Å². The summed E-state index contributed by atoms with van der Waals surface area (Å²) in [7, 11) is 0. The lowest BCUT2D eigenvalue weighted by Crippen LogP contribution is -2.18. The quantitative estimate of drug-likeness (QED) is 0.664. The van der Waals surface area contributed by atoms with E-state index in [2.05, 4.69) is 16.9 Å². The molecule has 0 radical (unpaired) electrons. The highest BCUT2D eigenvalue weighted by molar-refractivity contribution is 5.78. The molecule has 2 aromatic rings. The summed E-state index contributed by atoms with van der Waals surface area (Å²) >= 11 is 0. The second kappa shape index (κ2) is 4.44. The number of hydrogen-bond donors (Lipinski definition) is 1. The monoisotopic (exact) mass is 271 g/mol. The fourth-order valence-electron chi connectivity index (χ4n) is 2.58. The number of nitrogen functional groups attached to an aromatic ring is 1. The number of nitrogens with two attached hydrogens (primary N) is 1. The molecule has 2 heterocycles. The highest BCUT2D eigenvalue weighted by Gasteiger charge is 2.33. The Morgan fingerprint density at radius 2 is 2.15 bits per heavy atom. The highest BCUT2D eigenvalue weighted by atomic mass is 16.6. The molecule has 7 nitrogen and oxygen atoms in total. The highest BCUT2D eigenvalue weighted by Crippen LogP contribution is 2.43. The van der Waals surface area contributed by atoms with Gasteiger partial charge in [0.15, 0.2) is 0 Å². The zero-order valence-electron chi connectivity index (χ0n) is 10.9.